The summed E-state index contributed by atoms with van der Waals surface area (Å²) in [6, 6.07) is 7.00. The number of ether oxygens (including phenoxy) is 1. The number of nitrogens with zero attached hydrogens (tertiary/aromatic N) is 8. The second-order valence-electron chi connectivity index (χ2n) is 9.88. The Kier molecular flexibility index (Phi) is 6.53. The molecule has 13 heteroatoms. The number of aromatic nitrogens is 7. The van der Waals surface area contributed by atoms with Gasteiger partial charge in [0.05, 0.1) is 11.4 Å². The molecule has 1 fully saturated rings. The van der Waals surface area contributed by atoms with Crippen LogP contribution in [-0.2, 0) is 4.79 Å². The number of amides is 2. The van der Waals surface area contributed by atoms with Crippen LogP contribution in [0.4, 0.5) is 11.5 Å². The maximum absolute atomic E-state index is 13.6. The highest BCUT2D eigenvalue weighted by atomic mass is 16.5. The molecule has 5 heterocycles. The van der Waals surface area contributed by atoms with Gasteiger partial charge in [-0.2, -0.15) is 10.2 Å². The number of pyridine rings is 1. The van der Waals surface area contributed by atoms with E-state index in [0.29, 0.717) is 47.0 Å². The Morgan fingerprint density at radius 1 is 1.15 bits per heavy atom. The number of benzene rings is 1. The lowest BCUT2D eigenvalue weighted by Crippen LogP contribution is -2.40. The first-order chi connectivity index (χ1) is 19.8. The van der Waals surface area contributed by atoms with Crippen molar-refractivity contribution in [2.24, 2.45) is 0 Å². The smallest absolute Gasteiger partial charge is 0.277 e. The predicted octanol–water partition coefficient (Wildman–Crippen LogP) is 3.46. The number of carbonyl (C=O) groups excluding carboxylic acids is 2. The zero-order chi connectivity index (χ0) is 28.7. The summed E-state index contributed by atoms with van der Waals surface area (Å²) in [7, 11) is 0. The van der Waals surface area contributed by atoms with Gasteiger partial charge in [-0.1, -0.05) is 6.58 Å². The molecule has 1 aromatic carbocycles. The van der Waals surface area contributed by atoms with Gasteiger partial charge in [-0.05, 0) is 62.1 Å². The molecule has 1 aliphatic rings. The number of piperidine rings is 1. The van der Waals surface area contributed by atoms with E-state index in [1.807, 2.05) is 13.8 Å². The van der Waals surface area contributed by atoms with Gasteiger partial charge < -0.3 is 20.7 Å². The molecule has 0 bridgehead atoms. The van der Waals surface area contributed by atoms with Gasteiger partial charge in [-0.3, -0.25) is 9.59 Å². The molecular weight excluding hydrogens is 524 g/mol. The van der Waals surface area contributed by atoms with Crippen molar-refractivity contribution in [1.29, 1.82) is 0 Å². The zero-order valence-electron chi connectivity index (χ0n) is 22.6. The Hall–Kier alpha value is -5.33. The Morgan fingerprint density at radius 2 is 2.00 bits per heavy atom. The molecule has 1 aliphatic heterocycles. The first-order valence-corrected chi connectivity index (χ1v) is 13.1. The number of anilines is 2. The van der Waals surface area contributed by atoms with E-state index in [9.17, 15) is 9.59 Å². The minimum Gasteiger partial charge on any atom is -0.457 e. The second kappa shape index (κ2) is 10.3. The highest BCUT2D eigenvalue weighted by Crippen LogP contribution is 2.33. The van der Waals surface area contributed by atoms with Crippen molar-refractivity contribution in [3.8, 4) is 11.5 Å². The maximum atomic E-state index is 13.6. The summed E-state index contributed by atoms with van der Waals surface area (Å²) in [5.74, 6) is 0.831. The molecule has 4 aromatic heterocycles. The van der Waals surface area contributed by atoms with Crippen molar-refractivity contribution < 1.29 is 14.3 Å². The summed E-state index contributed by atoms with van der Waals surface area (Å²) in [5, 5.41) is 12.1. The molecule has 6 rings (SSSR count). The summed E-state index contributed by atoms with van der Waals surface area (Å²) in [6.07, 6.45) is 7.46. The van der Waals surface area contributed by atoms with Crippen molar-refractivity contribution in [2.75, 3.05) is 24.1 Å². The fraction of sp³-hybridized carbons (Fsp3) is 0.250. The highest BCUT2D eigenvalue weighted by molar-refractivity contribution is 6.13. The largest absolute Gasteiger partial charge is 0.457 e. The number of nitrogens with one attached hydrogen (secondary N) is 1. The molecule has 1 atom stereocenters. The van der Waals surface area contributed by atoms with Crippen LogP contribution >= 0.6 is 0 Å². The Balaban J connectivity index is 1.28. The molecule has 3 N–H and O–H groups in total. The first-order valence-electron chi connectivity index (χ1n) is 13.1. The van der Waals surface area contributed by atoms with Crippen LogP contribution in [-0.4, -0.2) is 64.2 Å². The normalized spacial score (nSPS) is 15.3. The third-order valence-corrected chi connectivity index (χ3v) is 7.43. The average Bonchev–Trinajstić information content (AvgIpc) is 3.62. The summed E-state index contributed by atoms with van der Waals surface area (Å²) in [6.45, 7) is 8.48. The van der Waals surface area contributed by atoms with Crippen molar-refractivity contribution in [2.45, 2.75) is 32.7 Å². The number of hydrogen-bond donors (Lipinski definition) is 2. The van der Waals surface area contributed by atoms with Crippen molar-refractivity contribution in [3.05, 3.63) is 72.6 Å². The topological polar surface area (TPSA) is 158 Å². The van der Waals surface area contributed by atoms with E-state index in [1.54, 1.807) is 44.6 Å². The number of rotatable bonds is 6. The van der Waals surface area contributed by atoms with E-state index in [1.165, 1.54) is 18.7 Å². The lowest BCUT2D eigenvalue weighted by molar-refractivity contribution is -0.127. The summed E-state index contributed by atoms with van der Waals surface area (Å²) in [4.78, 5) is 40.3. The van der Waals surface area contributed by atoms with E-state index in [0.717, 1.165) is 24.0 Å². The molecule has 13 nitrogen and oxygen atoms in total. The van der Waals surface area contributed by atoms with Gasteiger partial charge in [0, 0.05) is 31.0 Å². The zero-order valence-corrected chi connectivity index (χ0v) is 22.6. The Labute approximate surface area is 234 Å². The molecule has 2 amide bonds. The van der Waals surface area contributed by atoms with Gasteiger partial charge >= 0.3 is 0 Å². The van der Waals surface area contributed by atoms with Gasteiger partial charge in [0.1, 0.15) is 30.0 Å². The minimum absolute atomic E-state index is 0.115. The molecule has 0 radical (unpaired) electrons. The van der Waals surface area contributed by atoms with Crippen molar-refractivity contribution in [3.63, 3.8) is 0 Å². The van der Waals surface area contributed by atoms with Crippen LogP contribution in [0.1, 0.15) is 40.5 Å². The van der Waals surface area contributed by atoms with Crippen LogP contribution in [0.3, 0.4) is 0 Å². The van der Waals surface area contributed by atoms with Gasteiger partial charge in [0.15, 0.2) is 17.0 Å². The van der Waals surface area contributed by atoms with Crippen LogP contribution in [0.2, 0.25) is 0 Å². The average molecular weight is 553 g/mol. The lowest BCUT2D eigenvalue weighted by Gasteiger charge is -2.32. The van der Waals surface area contributed by atoms with Gasteiger partial charge in [0.25, 0.3) is 5.91 Å². The lowest BCUT2D eigenvalue weighted by atomic mass is 10.1. The van der Waals surface area contributed by atoms with Crippen molar-refractivity contribution >= 4 is 40.0 Å². The maximum Gasteiger partial charge on any atom is 0.277 e. The predicted molar refractivity (Wildman–Crippen MR) is 152 cm³/mol. The number of nitrogen functional groups attached to an aromatic ring is 1. The summed E-state index contributed by atoms with van der Waals surface area (Å²) < 4.78 is 9.45. The number of likely N-dealkylation sites (tertiary alicyclic amines) is 1. The van der Waals surface area contributed by atoms with Gasteiger partial charge in [-0.15, -0.1) is 0 Å². The molecule has 0 spiro atoms. The SMILES string of the molecule is C=CC(=O)N1CCC[C@@H](n2nc(C(=O)Nc3ccc(Oc4ccn5ncnc5c4)c(C)c3C)c3c(N)ncnc32)C1. The van der Waals surface area contributed by atoms with E-state index >= 15 is 0 Å². The van der Waals surface area contributed by atoms with Crippen LogP contribution < -0.4 is 15.8 Å². The Bertz CT molecular complexity index is 1830. The molecule has 5 aromatic rings. The molecular formula is C28H28N10O3. The van der Waals surface area contributed by atoms with Crippen molar-refractivity contribution in [1.82, 2.24) is 39.2 Å². The number of hydrogen-bond acceptors (Lipinski definition) is 9. The van der Waals surface area contributed by atoms with Gasteiger partial charge in [0.2, 0.25) is 5.91 Å². The third-order valence-electron chi connectivity index (χ3n) is 7.43. The van der Waals surface area contributed by atoms with Crippen LogP contribution in [0.15, 0.2) is 55.8 Å². The molecule has 0 aliphatic carbocycles. The third kappa shape index (κ3) is 4.71. The molecule has 0 saturated carbocycles. The fourth-order valence-electron chi connectivity index (χ4n) is 5.10. The van der Waals surface area contributed by atoms with Crippen LogP contribution in [0.25, 0.3) is 16.7 Å². The quantitative estimate of drug-likeness (QED) is 0.301. The number of nitrogens with two attached hydrogens (primary N) is 1. The Morgan fingerprint density at radius 3 is 2.83 bits per heavy atom. The second-order valence-corrected chi connectivity index (χ2v) is 9.88. The monoisotopic (exact) mass is 552 g/mol. The molecule has 0 unspecified atom stereocenters. The van der Waals surface area contributed by atoms with E-state index in [2.05, 4.69) is 37.0 Å². The standard InChI is InChI=1S/C28H28N10O3/c1-4-23(39)36-10-5-6-18(13-36)38-27-24(26(29)31-14-32-27)25(35-38)28(40)34-20-7-8-21(17(3)16(20)2)41-19-9-11-37-22(12-19)30-15-33-37/h4,7-9,11-12,14-15,18H,1,5-6,10,13H2,2-3H3,(H,34,40)(H2,29,31,32)/t18-/m1/s1. The molecule has 208 valence electrons. The van der Waals surface area contributed by atoms with Crippen LogP contribution in [0, 0.1) is 13.8 Å². The number of carbonyl (C=O) groups is 2. The fourth-order valence-corrected chi connectivity index (χ4v) is 5.10. The van der Waals surface area contributed by atoms with E-state index in [4.69, 9.17) is 10.5 Å². The number of fused-ring (bicyclic) bond motifs is 2. The van der Waals surface area contributed by atoms with Gasteiger partial charge in [-0.25, -0.2) is 24.1 Å². The summed E-state index contributed by atoms with van der Waals surface area (Å²) >= 11 is 0. The summed E-state index contributed by atoms with van der Waals surface area (Å²) in [5.41, 5.74) is 9.74. The first kappa shape index (κ1) is 25.9. The molecule has 41 heavy (non-hydrogen) atoms. The molecule has 1 saturated heterocycles. The van der Waals surface area contributed by atoms with E-state index < -0.39 is 5.91 Å². The van der Waals surface area contributed by atoms with E-state index in [-0.39, 0.29) is 23.5 Å². The minimum atomic E-state index is -0.446. The van der Waals surface area contributed by atoms with Crippen LogP contribution in [0.5, 0.6) is 11.5 Å². The highest BCUT2D eigenvalue weighted by Gasteiger charge is 2.29.